The van der Waals surface area contributed by atoms with Gasteiger partial charge in [0.15, 0.2) is 9.84 Å². The number of amides is 1. The van der Waals surface area contributed by atoms with Gasteiger partial charge >= 0.3 is 5.97 Å². The maximum Gasteiger partial charge on any atom is 0.328 e. The number of benzene rings is 1. The second-order valence-corrected chi connectivity index (χ2v) is 7.61. The van der Waals surface area contributed by atoms with E-state index in [-0.39, 0.29) is 13.0 Å². The number of hydrogen-bond acceptors (Lipinski definition) is 6. The Kier molecular flexibility index (Phi) is 5.38. The van der Waals surface area contributed by atoms with Gasteiger partial charge in [0.05, 0.1) is 19.5 Å². The fourth-order valence-electron chi connectivity index (χ4n) is 2.67. The van der Waals surface area contributed by atoms with Crippen LogP contribution in [0.2, 0.25) is 0 Å². The van der Waals surface area contributed by atoms with Crippen molar-refractivity contribution in [2.45, 2.75) is 24.3 Å². The third-order valence-corrected chi connectivity index (χ3v) is 5.86. The average Bonchev–Trinajstić information content (AvgIpc) is 2.85. The van der Waals surface area contributed by atoms with Crippen molar-refractivity contribution in [3.63, 3.8) is 0 Å². The number of aliphatic hydroxyl groups excluding tert-OH is 1. The Bertz CT molecular complexity index is 672. The fourth-order valence-corrected chi connectivity index (χ4v) is 4.12. The van der Waals surface area contributed by atoms with Gasteiger partial charge in [-0.25, -0.2) is 13.2 Å². The van der Waals surface area contributed by atoms with E-state index in [1.54, 1.807) is 24.3 Å². The summed E-state index contributed by atoms with van der Waals surface area (Å²) in [7, 11) is -2.61. The molecule has 23 heavy (non-hydrogen) atoms. The molecule has 0 unspecified atom stereocenters. The minimum Gasteiger partial charge on any atom is -0.467 e. The molecular weight excluding hydrogens is 322 g/mol. The SMILES string of the molecule is COC(=O)[C@@H]1C[C@H](S(=O)(=O)CCO)C(=O)N1Cc1ccccc1. The number of nitrogens with zero attached hydrogens (tertiary/aromatic N) is 1. The van der Waals surface area contributed by atoms with Crippen molar-refractivity contribution in [1.82, 2.24) is 4.90 Å². The number of carbonyl (C=O) groups excluding carboxylic acids is 2. The summed E-state index contributed by atoms with van der Waals surface area (Å²) in [6, 6.07) is 8.05. The molecule has 1 aliphatic heterocycles. The second kappa shape index (κ2) is 7.10. The number of esters is 1. The first-order valence-corrected chi connectivity index (χ1v) is 8.87. The van der Waals surface area contributed by atoms with E-state index >= 15 is 0 Å². The van der Waals surface area contributed by atoms with Gasteiger partial charge in [-0.15, -0.1) is 0 Å². The van der Waals surface area contributed by atoms with Crippen LogP contribution in [0.3, 0.4) is 0 Å². The molecule has 2 rings (SSSR count). The number of aliphatic hydroxyl groups is 1. The third-order valence-electron chi connectivity index (χ3n) is 3.85. The molecule has 0 aliphatic carbocycles. The number of methoxy groups -OCH3 is 1. The number of carbonyl (C=O) groups is 2. The van der Waals surface area contributed by atoms with Crippen LogP contribution in [-0.2, 0) is 30.7 Å². The lowest BCUT2D eigenvalue weighted by Crippen LogP contribution is -2.40. The molecular formula is C15H19NO6S. The van der Waals surface area contributed by atoms with Crippen molar-refractivity contribution in [1.29, 1.82) is 0 Å². The molecule has 1 fully saturated rings. The number of hydrogen-bond donors (Lipinski definition) is 1. The van der Waals surface area contributed by atoms with Gasteiger partial charge in [-0.05, 0) is 5.56 Å². The summed E-state index contributed by atoms with van der Waals surface area (Å²) in [5.74, 6) is -1.77. The maximum atomic E-state index is 12.5. The lowest BCUT2D eigenvalue weighted by atomic mass is 10.2. The largest absolute Gasteiger partial charge is 0.467 e. The molecule has 0 bridgehead atoms. The number of sulfone groups is 1. The molecule has 0 spiro atoms. The molecule has 1 aromatic carbocycles. The van der Waals surface area contributed by atoms with Crippen molar-refractivity contribution in [3.05, 3.63) is 35.9 Å². The molecule has 1 N–H and O–H groups in total. The Morgan fingerprint density at radius 1 is 1.35 bits per heavy atom. The highest BCUT2D eigenvalue weighted by atomic mass is 32.2. The zero-order valence-corrected chi connectivity index (χ0v) is 13.5. The van der Waals surface area contributed by atoms with E-state index in [2.05, 4.69) is 0 Å². The molecule has 0 saturated carbocycles. The van der Waals surface area contributed by atoms with E-state index in [4.69, 9.17) is 9.84 Å². The second-order valence-electron chi connectivity index (χ2n) is 5.31. The summed E-state index contributed by atoms with van der Waals surface area (Å²) < 4.78 is 29.0. The van der Waals surface area contributed by atoms with Gasteiger partial charge in [0.2, 0.25) is 5.91 Å². The molecule has 2 atom stereocenters. The first kappa shape index (κ1) is 17.4. The fraction of sp³-hybridized carbons (Fsp3) is 0.467. The Balaban J connectivity index is 2.30. The predicted octanol–water partition coefficient (Wildman–Crippen LogP) is -0.264. The minimum atomic E-state index is -3.81. The highest BCUT2D eigenvalue weighted by Gasteiger charge is 2.49. The molecule has 1 aromatic rings. The molecule has 1 saturated heterocycles. The monoisotopic (exact) mass is 341 g/mol. The first-order chi connectivity index (χ1) is 10.9. The van der Waals surface area contributed by atoms with Crippen LogP contribution < -0.4 is 0 Å². The lowest BCUT2D eigenvalue weighted by molar-refractivity contribution is -0.149. The Hall–Kier alpha value is -1.93. The maximum absolute atomic E-state index is 12.5. The molecule has 126 valence electrons. The normalized spacial score (nSPS) is 21.5. The van der Waals surface area contributed by atoms with Gasteiger partial charge in [-0.2, -0.15) is 0 Å². The summed E-state index contributed by atoms with van der Waals surface area (Å²) in [6.07, 6.45) is -0.152. The van der Waals surface area contributed by atoms with Crippen molar-refractivity contribution >= 4 is 21.7 Å². The third kappa shape index (κ3) is 3.70. The van der Waals surface area contributed by atoms with E-state index in [1.165, 1.54) is 12.0 Å². The number of rotatable bonds is 6. The zero-order chi connectivity index (χ0) is 17.0. The van der Waals surface area contributed by atoms with Gasteiger partial charge in [0, 0.05) is 13.0 Å². The topological polar surface area (TPSA) is 101 Å². The summed E-state index contributed by atoms with van der Waals surface area (Å²) in [5.41, 5.74) is 0.787. The van der Waals surface area contributed by atoms with Crippen LogP contribution in [0, 0.1) is 0 Å². The van der Waals surface area contributed by atoms with Gasteiger partial charge < -0.3 is 14.7 Å². The molecule has 7 nitrogen and oxygen atoms in total. The van der Waals surface area contributed by atoms with E-state index < -0.39 is 45.4 Å². The molecule has 1 amide bonds. The van der Waals surface area contributed by atoms with Crippen LogP contribution in [0.15, 0.2) is 30.3 Å². The Labute approximate surface area is 134 Å². The van der Waals surface area contributed by atoms with Crippen molar-refractivity contribution in [2.75, 3.05) is 19.5 Å². The molecule has 0 aromatic heterocycles. The molecule has 1 aliphatic rings. The summed E-state index contributed by atoms with van der Waals surface area (Å²) >= 11 is 0. The zero-order valence-electron chi connectivity index (χ0n) is 12.7. The molecule has 0 radical (unpaired) electrons. The number of ether oxygens (including phenoxy) is 1. The Morgan fingerprint density at radius 2 is 2.00 bits per heavy atom. The quantitative estimate of drug-likeness (QED) is 0.715. The first-order valence-electron chi connectivity index (χ1n) is 7.15. The van der Waals surface area contributed by atoms with Crippen LogP contribution in [0.25, 0.3) is 0 Å². The predicted molar refractivity (Wildman–Crippen MR) is 82.1 cm³/mol. The highest BCUT2D eigenvalue weighted by Crippen LogP contribution is 2.28. The summed E-state index contributed by atoms with van der Waals surface area (Å²) in [5, 5.41) is 7.56. The van der Waals surface area contributed by atoms with Crippen LogP contribution >= 0.6 is 0 Å². The lowest BCUT2D eigenvalue weighted by Gasteiger charge is -2.22. The van der Waals surface area contributed by atoms with Gasteiger partial charge in [0.1, 0.15) is 11.3 Å². The minimum absolute atomic E-state index is 0.130. The summed E-state index contributed by atoms with van der Waals surface area (Å²) in [4.78, 5) is 25.7. The molecule has 1 heterocycles. The Morgan fingerprint density at radius 3 is 2.57 bits per heavy atom. The van der Waals surface area contributed by atoms with E-state index in [1.807, 2.05) is 6.07 Å². The number of likely N-dealkylation sites (tertiary alicyclic amines) is 1. The summed E-state index contributed by atoms with van der Waals surface area (Å²) in [6.45, 7) is -0.432. The van der Waals surface area contributed by atoms with Gasteiger partial charge in [-0.3, -0.25) is 4.79 Å². The van der Waals surface area contributed by atoms with Gasteiger partial charge in [0.25, 0.3) is 0 Å². The molecule has 8 heteroatoms. The van der Waals surface area contributed by atoms with Gasteiger partial charge in [-0.1, -0.05) is 30.3 Å². The average molecular weight is 341 g/mol. The highest BCUT2D eigenvalue weighted by molar-refractivity contribution is 7.92. The van der Waals surface area contributed by atoms with Crippen LogP contribution in [0.4, 0.5) is 0 Å². The van der Waals surface area contributed by atoms with Crippen molar-refractivity contribution < 1.29 is 27.9 Å². The smallest absolute Gasteiger partial charge is 0.328 e. The van der Waals surface area contributed by atoms with Crippen LogP contribution in [0.1, 0.15) is 12.0 Å². The van der Waals surface area contributed by atoms with Crippen LogP contribution in [-0.4, -0.2) is 61.1 Å². The van der Waals surface area contributed by atoms with Crippen molar-refractivity contribution in [3.8, 4) is 0 Å². The van der Waals surface area contributed by atoms with E-state index in [0.29, 0.717) is 0 Å². The van der Waals surface area contributed by atoms with Crippen LogP contribution in [0.5, 0.6) is 0 Å². The standard InChI is InChI=1S/C15H19NO6S/c1-22-15(19)12-9-13(23(20,21)8-7-17)14(18)16(12)10-11-5-3-2-4-6-11/h2-6,12-13,17H,7-10H2,1H3/t12-,13-/m0/s1. The van der Waals surface area contributed by atoms with Crippen molar-refractivity contribution in [2.24, 2.45) is 0 Å². The van der Waals surface area contributed by atoms with E-state index in [0.717, 1.165) is 5.56 Å². The van der Waals surface area contributed by atoms with E-state index in [9.17, 15) is 18.0 Å².